The lowest BCUT2D eigenvalue weighted by molar-refractivity contribution is 0.102. The predicted molar refractivity (Wildman–Crippen MR) is 120 cm³/mol. The number of benzene rings is 3. The summed E-state index contributed by atoms with van der Waals surface area (Å²) in [7, 11) is 4.00. The van der Waals surface area contributed by atoms with Crippen LogP contribution in [0.3, 0.4) is 0 Å². The zero-order chi connectivity index (χ0) is 21.5. The molecule has 1 unspecified atom stereocenters. The Hall–Kier alpha value is -2.73. The van der Waals surface area contributed by atoms with E-state index in [4.69, 9.17) is 11.6 Å². The summed E-state index contributed by atoms with van der Waals surface area (Å²) in [5, 5.41) is 6.76. The van der Waals surface area contributed by atoms with Gasteiger partial charge in [-0.15, -0.1) is 0 Å². The van der Waals surface area contributed by atoms with Gasteiger partial charge in [0.05, 0.1) is 10.6 Å². The van der Waals surface area contributed by atoms with Crippen LogP contribution in [0.5, 0.6) is 0 Å². The molecule has 6 heteroatoms. The molecule has 0 spiro atoms. The molecule has 156 valence electrons. The number of likely N-dealkylation sites (N-methyl/N-ethyl adjacent to an activating group) is 1. The molecule has 0 saturated heterocycles. The van der Waals surface area contributed by atoms with Crippen molar-refractivity contribution in [3.63, 3.8) is 0 Å². The topological polar surface area (TPSA) is 44.4 Å². The van der Waals surface area contributed by atoms with Crippen LogP contribution < -0.4 is 10.6 Å². The van der Waals surface area contributed by atoms with Crippen LogP contribution in [0.1, 0.15) is 27.5 Å². The van der Waals surface area contributed by atoms with Crippen LogP contribution >= 0.6 is 11.6 Å². The van der Waals surface area contributed by atoms with Gasteiger partial charge in [0.1, 0.15) is 5.82 Å². The lowest BCUT2D eigenvalue weighted by Crippen LogP contribution is -2.30. The second kappa shape index (κ2) is 10.3. The normalized spacial score (nSPS) is 12.0. The summed E-state index contributed by atoms with van der Waals surface area (Å²) in [6.45, 7) is 1.34. The zero-order valence-corrected chi connectivity index (χ0v) is 17.8. The van der Waals surface area contributed by atoms with E-state index in [0.717, 1.165) is 11.1 Å². The molecule has 3 rings (SSSR count). The average molecular weight is 426 g/mol. The number of carbonyl (C=O) groups is 1. The molecular weight excluding hydrogens is 401 g/mol. The molecule has 0 aliphatic rings. The monoisotopic (exact) mass is 425 g/mol. The van der Waals surface area contributed by atoms with Gasteiger partial charge < -0.3 is 15.5 Å². The Bertz CT molecular complexity index is 992. The minimum Gasteiger partial charge on any atom is -0.322 e. The first-order chi connectivity index (χ1) is 14.4. The summed E-state index contributed by atoms with van der Waals surface area (Å²) >= 11 is 6.10. The molecule has 30 heavy (non-hydrogen) atoms. The van der Waals surface area contributed by atoms with Gasteiger partial charge in [0.2, 0.25) is 0 Å². The van der Waals surface area contributed by atoms with Gasteiger partial charge in [0.25, 0.3) is 5.91 Å². The molecule has 0 aliphatic heterocycles. The van der Waals surface area contributed by atoms with Gasteiger partial charge in [-0.2, -0.15) is 0 Å². The lowest BCUT2D eigenvalue weighted by Gasteiger charge is -2.25. The largest absolute Gasteiger partial charge is 0.322 e. The molecular formula is C24H25ClFN3O. The maximum absolute atomic E-state index is 13.2. The summed E-state index contributed by atoms with van der Waals surface area (Å²) in [4.78, 5) is 14.6. The molecule has 3 aromatic carbocycles. The minimum atomic E-state index is -0.241. The van der Waals surface area contributed by atoms with Gasteiger partial charge in [-0.3, -0.25) is 4.79 Å². The minimum absolute atomic E-state index is 0.119. The van der Waals surface area contributed by atoms with Crippen LogP contribution in [-0.4, -0.2) is 31.4 Å². The molecule has 0 fully saturated rings. The first-order valence-electron chi connectivity index (χ1n) is 9.71. The number of carbonyl (C=O) groups excluding carboxylic acids is 1. The van der Waals surface area contributed by atoms with Crippen molar-refractivity contribution < 1.29 is 9.18 Å². The molecule has 1 atom stereocenters. The molecule has 3 aromatic rings. The molecule has 0 bridgehead atoms. The third-order valence-corrected chi connectivity index (χ3v) is 5.18. The fourth-order valence-electron chi connectivity index (χ4n) is 3.24. The van der Waals surface area contributed by atoms with E-state index in [-0.39, 0.29) is 17.8 Å². The van der Waals surface area contributed by atoms with E-state index >= 15 is 0 Å². The summed E-state index contributed by atoms with van der Waals surface area (Å²) in [6.07, 6.45) is 0. The van der Waals surface area contributed by atoms with E-state index in [9.17, 15) is 9.18 Å². The van der Waals surface area contributed by atoms with Crippen LogP contribution in [0, 0.1) is 5.82 Å². The van der Waals surface area contributed by atoms with Crippen LogP contribution in [0.15, 0.2) is 72.8 Å². The highest BCUT2D eigenvalue weighted by atomic mass is 35.5. The number of hydrogen-bond acceptors (Lipinski definition) is 3. The van der Waals surface area contributed by atoms with Crippen molar-refractivity contribution in [2.45, 2.75) is 12.6 Å². The summed E-state index contributed by atoms with van der Waals surface area (Å²) in [6, 6.07) is 21.4. The summed E-state index contributed by atoms with van der Waals surface area (Å²) in [5.41, 5.74) is 3.25. The molecule has 0 heterocycles. The van der Waals surface area contributed by atoms with Crippen molar-refractivity contribution in [1.29, 1.82) is 0 Å². The maximum atomic E-state index is 13.2. The molecule has 0 aliphatic carbocycles. The van der Waals surface area contributed by atoms with E-state index < -0.39 is 0 Å². The maximum Gasteiger partial charge on any atom is 0.257 e. The SMILES string of the molecule is CN(C)C(CNCc1cccc(NC(=O)c2ccccc2Cl)c1)c1ccc(F)cc1. The molecule has 0 radical (unpaired) electrons. The van der Waals surface area contributed by atoms with Gasteiger partial charge in [0, 0.05) is 24.8 Å². The van der Waals surface area contributed by atoms with E-state index in [0.29, 0.717) is 29.4 Å². The van der Waals surface area contributed by atoms with Gasteiger partial charge in [-0.05, 0) is 61.6 Å². The van der Waals surface area contributed by atoms with Crippen molar-refractivity contribution in [1.82, 2.24) is 10.2 Å². The number of amides is 1. The van der Waals surface area contributed by atoms with Gasteiger partial charge in [0.15, 0.2) is 0 Å². The Labute approximate surface area is 181 Å². The number of nitrogens with zero attached hydrogens (tertiary/aromatic N) is 1. The van der Waals surface area contributed by atoms with E-state index in [1.165, 1.54) is 12.1 Å². The number of rotatable bonds is 8. The van der Waals surface area contributed by atoms with E-state index in [2.05, 4.69) is 15.5 Å². The number of halogens is 2. The van der Waals surface area contributed by atoms with Crippen LogP contribution in [-0.2, 0) is 6.54 Å². The third-order valence-electron chi connectivity index (χ3n) is 4.85. The van der Waals surface area contributed by atoms with Crippen LogP contribution in [0.2, 0.25) is 5.02 Å². The highest BCUT2D eigenvalue weighted by Crippen LogP contribution is 2.19. The van der Waals surface area contributed by atoms with Crippen molar-refractivity contribution >= 4 is 23.2 Å². The second-order valence-corrected chi connectivity index (χ2v) is 7.70. The Morgan fingerprint density at radius 1 is 1.03 bits per heavy atom. The Kier molecular flexibility index (Phi) is 7.57. The average Bonchev–Trinajstić information content (AvgIpc) is 2.72. The van der Waals surface area contributed by atoms with Crippen LogP contribution in [0.25, 0.3) is 0 Å². The van der Waals surface area contributed by atoms with Crippen molar-refractivity contribution in [2.24, 2.45) is 0 Å². The predicted octanol–water partition coefficient (Wildman–Crippen LogP) is 5.12. The molecule has 0 aromatic heterocycles. The Balaban J connectivity index is 1.60. The third kappa shape index (κ3) is 5.89. The molecule has 4 nitrogen and oxygen atoms in total. The summed E-state index contributed by atoms with van der Waals surface area (Å²) < 4.78 is 13.2. The van der Waals surface area contributed by atoms with Crippen molar-refractivity contribution in [3.8, 4) is 0 Å². The van der Waals surface area contributed by atoms with E-state index in [1.54, 1.807) is 24.3 Å². The highest BCUT2D eigenvalue weighted by molar-refractivity contribution is 6.34. The Morgan fingerprint density at radius 2 is 1.77 bits per heavy atom. The molecule has 2 N–H and O–H groups in total. The second-order valence-electron chi connectivity index (χ2n) is 7.30. The molecule has 0 saturated carbocycles. The van der Waals surface area contributed by atoms with Crippen molar-refractivity contribution in [3.05, 3.63) is 100 Å². The van der Waals surface area contributed by atoms with Gasteiger partial charge >= 0.3 is 0 Å². The Morgan fingerprint density at radius 3 is 2.47 bits per heavy atom. The van der Waals surface area contributed by atoms with Crippen LogP contribution in [0.4, 0.5) is 10.1 Å². The fourth-order valence-corrected chi connectivity index (χ4v) is 3.46. The summed E-state index contributed by atoms with van der Waals surface area (Å²) in [5.74, 6) is -0.477. The smallest absolute Gasteiger partial charge is 0.257 e. The lowest BCUT2D eigenvalue weighted by atomic mass is 10.1. The standard InChI is InChI=1S/C24H25ClFN3O/c1-29(2)23(18-10-12-19(26)13-11-18)16-27-15-17-6-5-7-20(14-17)28-24(30)21-8-3-4-9-22(21)25/h3-14,23,27H,15-16H2,1-2H3,(H,28,30). The fraction of sp³-hybridized carbons (Fsp3) is 0.208. The first kappa shape index (κ1) is 22.0. The van der Waals surface area contributed by atoms with Gasteiger partial charge in [-0.1, -0.05) is 48.0 Å². The van der Waals surface area contributed by atoms with E-state index in [1.807, 2.05) is 50.5 Å². The number of nitrogens with one attached hydrogen (secondary N) is 2. The molecule has 1 amide bonds. The van der Waals surface area contributed by atoms with Crippen molar-refractivity contribution in [2.75, 3.05) is 26.0 Å². The quantitative estimate of drug-likeness (QED) is 0.526. The zero-order valence-electron chi connectivity index (χ0n) is 17.0. The van der Waals surface area contributed by atoms with Gasteiger partial charge in [-0.25, -0.2) is 4.39 Å². The number of anilines is 1. The highest BCUT2D eigenvalue weighted by Gasteiger charge is 2.14. The first-order valence-corrected chi connectivity index (χ1v) is 10.1. The number of hydrogen-bond donors (Lipinski definition) is 2.